The molecule has 28 heavy (non-hydrogen) atoms. The molecule has 1 aliphatic rings. The Morgan fingerprint density at radius 2 is 1.86 bits per heavy atom. The van der Waals surface area contributed by atoms with Gasteiger partial charge in [-0.2, -0.15) is 9.61 Å². The number of aryl methyl sites for hydroxylation is 2. The van der Waals surface area contributed by atoms with Crippen molar-refractivity contribution in [2.24, 2.45) is 0 Å². The number of piperazine rings is 1. The molecule has 1 N–H and O–H groups in total. The predicted molar refractivity (Wildman–Crippen MR) is 109 cm³/mol. The lowest BCUT2D eigenvalue weighted by Gasteiger charge is -2.35. The van der Waals surface area contributed by atoms with E-state index in [4.69, 9.17) is 0 Å². The molecule has 0 bridgehead atoms. The zero-order chi connectivity index (χ0) is 19.5. The maximum atomic E-state index is 12.7. The van der Waals surface area contributed by atoms with Crippen LogP contribution in [0.4, 0.5) is 16.2 Å². The predicted octanol–water partition coefficient (Wildman–Crippen LogP) is 2.60. The van der Waals surface area contributed by atoms with Crippen molar-refractivity contribution in [1.82, 2.24) is 24.7 Å². The van der Waals surface area contributed by atoms with E-state index in [1.807, 2.05) is 48.4 Å². The number of amides is 2. The number of benzene rings is 1. The van der Waals surface area contributed by atoms with E-state index in [2.05, 4.69) is 32.4 Å². The number of fused-ring (bicyclic) bond motifs is 1. The van der Waals surface area contributed by atoms with Crippen LogP contribution in [0, 0.1) is 0 Å². The van der Waals surface area contributed by atoms with Crippen molar-refractivity contribution in [3.05, 3.63) is 47.9 Å². The Balaban J connectivity index is 1.39. The van der Waals surface area contributed by atoms with Gasteiger partial charge in [-0.05, 0) is 18.1 Å². The number of carbonyl (C=O) groups excluding carboxylic acids is 1. The van der Waals surface area contributed by atoms with Crippen LogP contribution in [0.1, 0.15) is 25.2 Å². The van der Waals surface area contributed by atoms with E-state index in [-0.39, 0.29) is 6.03 Å². The summed E-state index contributed by atoms with van der Waals surface area (Å²) in [6, 6.07) is 9.91. The van der Waals surface area contributed by atoms with Gasteiger partial charge in [-0.3, -0.25) is 0 Å². The monoisotopic (exact) mass is 379 g/mol. The Kier molecular flexibility index (Phi) is 5.10. The first kappa shape index (κ1) is 18.2. The molecule has 4 rings (SSSR count). The molecule has 0 spiro atoms. The van der Waals surface area contributed by atoms with Crippen molar-refractivity contribution in [2.45, 2.75) is 26.7 Å². The van der Waals surface area contributed by atoms with Gasteiger partial charge in [-0.25, -0.2) is 4.79 Å². The molecule has 1 fully saturated rings. The summed E-state index contributed by atoms with van der Waals surface area (Å²) >= 11 is 0. The van der Waals surface area contributed by atoms with Crippen molar-refractivity contribution >= 4 is 23.1 Å². The summed E-state index contributed by atoms with van der Waals surface area (Å²) in [4.78, 5) is 16.7. The first-order chi connectivity index (χ1) is 13.7. The second-order valence-electron chi connectivity index (χ2n) is 6.87. The molecule has 0 unspecified atom stereocenters. The molecule has 0 aliphatic carbocycles. The third-order valence-electron chi connectivity index (χ3n) is 5.20. The van der Waals surface area contributed by atoms with Gasteiger partial charge in [0.15, 0.2) is 11.5 Å². The van der Waals surface area contributed by atoms with Gasteiger partial charge in [-0.15, -0.1) is 10.2 Å². The number of para-hydroxylation sites is 1. The van der Waals surface area contributed by atoms with Gasteiger partial charge >= 0.3 is 6.03 Å². The molecule has 1 saturated heterocycles. The summed E-state index contributed by atoms with van der Waals surface area (Å²) in [5.74, 6) is 0.857. The Labute approximate surface area is 164 Å². The van der Waals surface area contributed by atoms with Gasteiger partial charge in [-0.1, -0.05) is 32.0 Å². The Morgan fingerprint density at radius 1 is 1.07 bits per heavy atom. The van der Waals surface area contributed by atoms with E-state index < -0.39 is 0 Å². The van der Waals surface area contributed by atoms with Gasteiger partial charge in [0.25, 0.3) is 0 Å². The quantitative estimate of drug-likeness (QED) is 0.754. The number of aromatic nitrogens is 4. The van der Waals surface area contributed by atoms with E-state index in [0.717, 1.165) is 54.3 Å². The summed E-state index contributed by atoms with van der Waals surface area (Å²) < 4.78 is 1.78. The standard InChI is InChI=1S/C20H25N7O/c1-3-15-7-5-6-8-17(15)22-20(28)26-11-9-25(10-12-26)16-13-19-24-23-18(4-2)27(19)21-14-16/h5-8,13-14H,3-4,9-12H2,1-2H3,(H,22,28). The summed E-state index contributed by atoms with van der Waals surface area (Å²) in [7, 11) is 0. The van der Waals surface area contributed by atoms with E-state index >= 15 is 0 Å². The van der Waals surface area contributed by atoms with Gasteiger partial charge in [0.2, 0.25) is 0 Å². The molecule has 0 radical (unpaired) electrons. The highest BCUT2D eigenvalue weighted by Gasteiger charge is 2.22. The molecule has 146 valence electrons. The number of rotatable bonds is 4. The maximum absolute atomic E-state index is 12.7. The van der Waals surface area contributed by atoms with Gasteiger partial charge in [0.05, 0.1) is 11.9 Å². The first-order valence-corrected chi connectivity index (χ1v) is 9.78. The summed E-state index contributed by atoms with van der Waals surface area (Å²) in [5.41, 5.74) is 3.81. The molecule has 3 aromatic rings. The number of hydrogen-bond acceptors (Lipinski definition) is 5. The van der Waals surface area contributed by atoms with E-state index in [1.54, 1.807) is 4.52 Å². The fourth-order valence-electron chi connectivity index (χ4n) is 3.53. The number of hydrogen-bond donors (Lipinski definition) is 1. The van der Waals surface area contributed by atoms with E-state index in [9.17, 15) is 4.79 Å². The van der Waals surface area contributed by atoms with Crippen LogP contribution in [0.15, 0.2) is 36.5 Å². The molecule has 1 aliphatic heterocycles. The van der Waals surface area contributed by atoms with E-state index in [1.165, 1.54) is 0 Å². The molecule has 0 saturated carbocycles. The van der Waals surface area contributed by atoms with Crippen LogP contribution in [0.2, 0.25) is 0 Å². The van der Waals surface area contributed by atoms with Crippen molar-refractivity contribution < 1.29 is 4.79 Å². The smallest absolute Gasteiger partial charge is 0.321 e. The molecule has 8 heteroatoms. The highest BCUT2D eigenvalue weighted by molar-refractivity contribution is 5.90. The number of carbonyl (C=O) groups is 1. The molecule has 0 atom stereocenters. The van der Waals surface area contributed by atoms with Crippen LogP contribution < -0.4 is 10.2 Å². The summed E-state index contributed by atoms with van der Waals surface area (Å²) in [6.45, 7) is 6.98. The van der Waals surface area contributed by atoms with Gasteiger partial charge in [0.1, 0.15) is 0 Å². The van der Waals surface area contributed by atoms with Crippen LogP contribution in [0.5, 0.6) is 0 Å². The molecule has 3 heterocycles. The first-order valence-electron chi connectivity index (χ1n) is 9.78. The molecule has 2 aromatic heterocycles. The lowest BCUT2D eigenvalue weighted by atomic mass is 10.1. The fourth-order valence-corrected chi connectivity index (χ4v) is 3.53. The van der Waals surface area contributed by atoms with Crippen LogP contribution in [-0.4, -0.2) is 56.9 Å². The number of anilines is 2. The highest BCUT2D eigenvalue weighted by Crippen LogP contribution is 2.19. The van der Waals surface area contributed by atoms with Crippen molar-refractivity contribution in [3.63, 3.8) is 0 Å². The maximum Gasteiger partial charge on any atom is 0.321 e. The second kappa shape index (κ2) is 7.84. The van der Waals surface area contributed by atoms with Crippen molar-refractivity contribution in [2.75, 3.05) is 36.4 Å². The number of urea groups is 1. The third kappa shape index (κ3) is 3.49. The lowest BCUT2D eigenvalue weighted by molar-refractivity contribution is 0.208. The highest BCUT2D eigenvalue weighted by atomic mass is 16.2. The molecular weight excluding hydrogens is 354 g/mol. The fraction of sp³-hybridized carbons (Fsp3) is 0.400. The Morgan fingerprint density at radius 3 is 2.61 bits per heavy atom. The lowest BCUT2D eigenvalue weighted by Crippen LogP contribution is -2.50. The average molecular weight is 379 g/mol. The van der Waals surface area contributed by atoms with Gasteiger partial charge in [0, 0.05) is 44.4 Å². The number of nitrogens with one attached hydrogen (secondary N) is 1. The van der Waals surface area contributed by atoms with Crippen LogP contribution in [0.25, 0.3) is 5.65 Å². The molecule has 2 amide bonds. The third-order valence-corrected chi connectivity index (χ3v) is 5.20. The van der Waals surface area contributed by atoms with Crippen molar-refractivity contribution in [1.29, 1.82) is 0 Å². The Hall–Kier alpha value is -3.16. The van der Waals surface area contributed by atoms with Gasteiger partial charge < -0.3 is 15.1 Å². The van der Waals surface area contributed by atoms with Crippen LogP contribution >= 0.6 is 0 Å². The number of nitrogens with zero attached hydrogens (tertiary/aromatic N) is 6. The Bertz CT molecular complexity index is 976. The SMILES string of the molecule is CCc1ccccc1NC(=O)N1CCN(c2cnn3c(CC)nnc3c2)CC1. The molecule has 8 nitrogen and oxygen atoms in total. The zero-order valence-corrected chi connectivity index (χ0v) is 16.3. The minimum Gasteiger partial charge on any atom is -0.367 e. The zero-order valence-electron chi connectivity index (χ0n) is 16.3. The minimum absolute atomic E-state index is 0.0424. The minimum atomic E-state index is -0.0424. The largest absolute Gasteiger partial charge is 0.367 e. The summed E-state index contributed by atoms with van der Waals surface area (Å²) in [6.07, 6.45) is 3.54. The normalized spacial score (nSPS) is 14.5. The van der Waals surface area contributed by atoms with Crippen LogP contribution in [0.3, 0.4) is 0 Å². The second-order valence-corrected chi connectivity index (χ2v) is 6.87. The topological polar surface area (TPSA) is 78.7 Å². The van der Waals surface area contributed by atoms with Crippen LogP contribution in [-0.2, 0) is 12.8 Å². The van der Waals surface area contributed by atoms with E-state index in [0.29, 0.717) is 13.1 Å². The molecule has 1 aromatic carbocycles. The average Bonchev–Trinajstić information content (AvgIpc) is 3.16. The molecular formula is C20H25N7O. The summed E-state index contributed by atoms with van der Waals surface area (Å²) in [5, 5.41) is 15.9. The van der Waals surface area contributed by atoms with Crippen molar-refractivity contribution in [3.8, 4) is 0 Å².